The Labute approximate surface area is 159 Å². The molecule has 1 N–H and O–H groups in total. The van der Waals surface area contributed by atoms with Crippen LogP contribution in [0.2, 0.25) is 0 Å². The van der Waals surface area contributed by atoms with Crippen molar-refractivity contribution in [3.63, 3.8) is 0 Å². The topological polar surface area (TPSA) is 73.2 Å². The van der Waals surface area contributed by atoms with Crippen molar-refractivity contribution in [1.82, 2.24) is 4.90 Å². The summed E-state index contributed by atoms with van der Waals surface area (Å²) in [6.45, 7) is 1.83. The second kappa shape index (κ2) is 9.16. The summed E-state index contributed by atoms with van der Waals surface area (Å²) in [6, 6.07) is 18.1. The van der Waals surface area contributed by atoms with Gasteiger partial charge in [0.15, 0.2) is 0 Å². The molecule has 0 saturated carbocycles. The monoisotopic (exact) mass is 359 g/mol. The van der Waals surface area contributed by atoms with Gasteiger partial charge in [0.1, 0.15) is 11.6 Å². The molecule has 2 aromatic carbocycles. The first-order valence-corrected chi connectivity index (χ1v) is 8.39. The molecule has 0 unspecified atom stereocenters. The Hall–Kier alpha value is -3.65. The summed E-state index contributed by atoms with van der Waals surface area (Å²) in [7, 11) is 3.35. The molecule has 5 nitrogen and oxygen atoms in total. The van der Waals surface area contributed by atoms with Gasteiger partial charge in [-0.1, -0.05) is 36.4 Å². The van der Waals surface area contributed by atoms with Crippen LogP contribution in [0.3, 0.4) is 0 Å². The summed E-state index contributed by atoms with van der Waals surface area (Å²) in [5.41, 5.74) is 2.83. The number of anilines is 1. The van der Waals surface area contributed by atoms with Gasteiger partial charge in [0.2, 0.25) is 0 Å². The molecule has 0 aliphatic rings. The number of carbonyl (C=O) groups excluding carboxylic acids is 2. The van der Waals surface area contributed by atoms with E-state index in [1.165, 1.54) is 4.90 Å². The van der Waals surface area contributed by atoms with E-state index in [4.69, 9.17) is 0 Å². The lowest BCUT2D eigenvalue weighted by Gasteiger charge is -2.11. The number of allylic oxidation sites excluding steroid dienone is 2. The van der Waals surface area contributed by atoms with Crippen molar-refractivity contribution in [3.8, 4) is 6.07 Å². The minimum Gasteiger partial charge on any atom is -0.345 e. The number of benzene rings is 2. The van der Waals surface area contributed by atoms with E-state index in [1.54, 1.807) is 44.4 Å². The first kappa shape index (κ1) is 19.7. The van der Waals surface area contributed by atoms with Crippen LogP contribution in [0.1, 0.15) is 22.8 Å². The van der Waals surface area contributed by atoms with E-state index in [0.717, 1.165) is 11.1 Å². The van der Waals surface area contributed by atoms with Gasteiger partial charge < -0.3 is 10.2 Å². The van der Waals surface area contributed by atoms with Crippen molar-refractivity contribution < 1.29 is 9.59 Å². The van der Waals surface area contributed by atoms with E-state index < -0.39 is 5.91 Å². The maximum atomic E-state index is 12.4. The molecule has 2 rings (SSSR count). The Balaban J connectivity index is 2.12. The lowest BCUT2D eigenvalue weighted by molar-refractivity contribution is -0.112. The molecule has 27 heavy (non-hydrogen) atoms. The molecule has 2 amide bonds. The summed E-state index contributed by atoms with van der Waals surface area (Å²) in [5, 5.41) is 12.0. The highest BCUT2D eigenvalue weighted by molar-refractivity contribution is 6.07. The molecule has 136 valence electrons. The highest BCUT2D eigenvalue weighted by atomic mass is 16.2. The summed E-state index contributed by atoms with van der Waals surface area (Å²) < 4.78 is 0. The minimum atomic E-state index is -0.495. The predicted octanol–water partition coefficient (Wildman–Crippen LogP) is 3.88. The van der Waals surface area contributed by atoms with Crippen LogP contribution in [-0.4, -0.2) is 30.8 Å². The predicted molar refractivity (Wildman–Crippen MR) is 107 cm³/mol. The lowest BCUT2D eigenvalue weighted by Crippen LogP contribution is -2.21. The van der Waals surface area contributed by atoms with E-state index >= 15 is 0 Å². The molecule has 0 atom stereocenters. The quantitative estimate of drug-likeness (QED) is 0.500. The number of nitriles is 1. The van der Waals surface area contributed by atoms with Crippen LogP contribution in [0.5, 0.6) is 0 Å². The van der Waals surface area contributed by atoms with Crippen LogP contribution in [0, 0.1) is 11.3 Å². The normalized spacial score (nSPS) is 11.5. The Kier molecular flexibility index (Phi) is 6.67. The minimum absolute atomic E-state index is 0.00752. The molecule has 0 aliphatic heterocycles. The van der Waals surface area contributed by atoms with Crippen LogP contribution < -0.4 is 5.32 Å². The van der Waals surface area contributed by atoms with Gasteiger partial charge in [-0.25, -0.2) is 0 Å². The van der Waals surface area contributed by atoms with E-state index in [2.05, 4.69) is 5.32 Å². The standard InChI is InChI=1S/C22H21N3O2/c1-16(13-17-7-5-4-6-8-17)14-19(15-23)21(26)24-20-11-9-18(10-12-20)22(27)25(2)3/h4-14H,1-3H3,(H,24,26)/b16-13+,19-14+. The molecule has 2 aromatic rings. The Morgan fingerprint density at radius 1 is 1.04 bits per heavy atom. The zero-order valence-corrected chi connectivity index (χ0v) is 15.6. The molecule has 0 saturated heterocycles. The van der Waals surface area contributed by atoms with E-state index in [-0.39, 0.29) is 11.5 Å². The van der Waals surface area contributed by atoms with Crippen molar-refractivity contribution >= 4 is 23.6 Å². The van der Waals surface area contributed by atoms with Crippen molar-refractivity contribution in [2.45, 2.75) is 6.92 Å². The molecule has 0 fully saturated rings. The van der Waals surface area contributed by atoms with Gasteiger partial charge >= 0.3 is 0 Å². The number of hydrogen-bond acceptors (Lipinski definition) is 3. The van der Waals surface area contributed by atoms with Crippen molar-refractivity contribution in [1.29, 1.82) is 5.26 Å². The smallest absolute Gasteiger partial charge is 0.266 e. The Bertz CT molecular complexity index is 918. The van der Waals surface area contributed by atoms with Crippen molar-refractivity contribution in [3.05, 3.63) is 82.9 Å². The van der Waals surface area contributed by atoms with Crippen LogP contribution in [-0.2, 0) is 4.79 Å². The Morgan fingerprint density at radius 2 is 1.67 bits per heavy atom. The number of carbonyl (C=O) groups is 2. The third-order valence-corrected chi connectivity index (χ3v) is 3.73. The van der Waals surface area contributed by atoms with Gasteiger partial charge in [0.25, 0.3) is 11.8 Å². The summed E-state index contributed by atoms with van der Waals surface area (Å²) >= 11 is 0. The highest BCUT2D eigenvalue weighted by Gasteiger charge is 2.11. The molecule has 0 bridgehead atoms. The maximum absolute atomic E-state index is 12.4. The molecule has 0 spiro atoms. The molecular formula is C22H21N3O2. The van der Waals surface area contributed by atoms with Crippen molar-refractivity contribution in [2.75, 3.05) is 19.4 Å². The molecule has 0 radical (unpaired) electrons. The summed E-state index contributed by atoms with van der Waals surface area (Å²) in [4.78, 5) is 25.7. The fourth-order valence-corrected chi connectivity index (χ4v) is 2.38. The van der Waals surface area contributed by atoms with Gasteiger partial charge in [-0.05, 0) is 48.4 Å². The molecular weight excluding hydrogens is 338 g/mol. The van der Waals surface area contributed by atoms with Crippen LogP contribution in [0.15, 0.2) is 71.8 Å². The number of hydrogen-bond donors (Lipinski definition) is 1. The average Bonchev–Trinajstić information content (AvgIpc) is 2.66. The number of nitrogens with zero attached hydrogens (tertiary/aromatic N) is 2. The molecule has 5 heteroatoms. The second-order valence-corrected chi connectivity index (χ2v) is 6.20. The fourth-order valence-electron chi connectivity index (χ4n) is 2.38. The number of rotatable bonds is 5. The van der Waals surface area contributed by atoms with E-state index in [9.17, 15) is 14.9 Å². The van der Waals surface area contributed by atoms with Gasteiger partial charge in [-0.2, -0.15) is 5.26 Å². The largest absolute Gasteiger partial charge is 0.345 e. The van der Waals surface area contributed by atoms with E-state index in [1.807, 2.05) is 49.4 Å². The van der Waals surface area contributed by atoms with Gasteiger partial charge in [0, 0.05) is 25.3 Å². The maximum Gasteiger partial charge on any atom is 0.266 e. The first-order valence-electron chi connectivity index (χ1n) is 8.39. The lowest BCUT2D eigenvalue weighted by atomic mass is 10.1. The van der Waals surface area contributed by atoms with Gasteiger partial charge in [-0.3, -0.25) is 9.59 Å². The van der Waals surface area contributed by atoms with E-state index in [0.29, 0.717) is 11.3 Å². The third-order valence-electron chi connectivity index (χ3n) is 3.73. The fraction of sp³-hybridized carbons (Fsp3) is 0.136. The average molecular weight is 359 g/mol. The zero-order chi connectivity index (χ0) is 19.8. The molecule has 0 aromatic heterocycles. The SMILES string of the molecule is CC(=C\c1ccccc1)/C=C(\C#N)C(=O)Nc1ccc(C(=O)N(C)C)cc1. The molecule has 0 heterocycles. The zero-order valence-electron chi connectivity index (χ0n) is 15.6. The van der Waals surface area contributed by atoms with Gasteiger partial charge in [0.05, 0.1) is 0 Å². The highest BCUT2D eigenvalue weighted by Crippen LogP contribution is 2.14. The second-order valence-electron chi connectivity index (χ2n) is 6.20. The van der Waals surface area contributed by atoms with Crippen LogP contribution in [0.25, 0.3) is 6.08 Å². The Morgan fingerprint density at radius 3 is 2.22 bits per heavy atom. The van der Waals surface area contributed by atoms with Crippen molar-refractivity contribution in [2.24, 2.45) is 0 Å². The summed E-state index contributed by atoms with van der Waals surface area (Å²) in [5.74, 6) is -0.614. The van der Waals surface area contributed by atoms with Crippen LogP contribution >= 0.6 is 0 Å². The van der Waals surface area contributed by atoms with Gasteiger partial charge in [-0.15, -0.1) is 0 Å². The summed E-state index contributed by atoms with van der Waals surface area (Å²) in [6.07, 6.45) is 3.44. The first-order chi connectivity index (χ1) is 12.9. The number of nitrogens with one attached hydrogen (secondary N) is 1. The third kappa shape index (κ3) is 5.68. The van der Waals surface area contributed by atoms with Crippen LogP contribution in [0.4, 0.5) is 5.69 Å². The molecule has 0 aliphatic carbocycles. The number of amides is 2.